The maximum atomic E-state index is 7.61. The molecule has 0 saturated heterocycles. The van der Waals surface area contributed by atoms with Crippen LogP contribution < -0.4 is 0 Å². The van der Waals surface area contributed by atoms with Crippen LogP contribution in [0.3, 0.4) is 0 Å². The van der Waals surface area contributed by atoms with Crippen LogP contribution in [0.5, 0.6) is 0 Å². The first-order valence-corrected chi connectivity index (χ1v) is 5.15. The molecule has 0 aliphatic rings. The number of benzene rings is 1. The summed E-state index contributed by atoms with van der Waals surface area (Å²) in [5.74, 6) is 0. The number of hydrogen-bond acceptors (Lipinski definition) is 1. The van der Waals surface area contributed by atoms with Crippen molar-refractivity contribution in [3.05, 3.63) is 53.7 Å². The number of nitrogens with zero attached hydrogens (tertiary/aromatic N) is 1. The van der Waals surface area contributed by atoms with Gasteiger partial charge in [-0.05, 0) is 11.8 Å². The minimum atomic E-state index is 0. The molecular formula is C14H14IrN-. The number of hydrogen-bond donors (Lipinski definition) is 0. The van der Waals surface area contributed by atoms with E-state index in [1.54, 1.807) is 18.3 Å². The van der Waals surface area contributed by atoms with Gasteiger partial charge in [0, 0.05) is 26.3 Å². The van der Waals surface area contributed by atoms with Crippen molar-refractivity contribution in [1.82, 2.24) is 4.98 Å². The monoisotopic (exact) mass is 390 g/mol. The Morgan fingerprint density at radius 1 is 1.44 bits per heavy atom. The second-order valence-electron chi connectivity index (χ2n) is 3.51. The van der Waals surface area contributed by atoms with Gasteiger partial charge in [-0.25, -0.2) is 0 Å². The third kappa shape index (κ3) is 2.58. The van der Waals surface area contributed by atoms with Gasteiger partial charge in [-0.1, -0.05) is 32.4 Å². The molecular weight excluding hydrogens is 374 g/mol. The first-order chi connectivity index (χ1) is 7.72. The Kier molecular flexibility index (Phi) is 4.26. The summed E-state index contributed by atoms with van der Waals surface area (Å²) in [7, 11) is 0. The van der Waals surface area contributed by atoms with Crippen LogP contribution >= 0.6 is 0 Å². The number of aryl methyl sites for hydroxylation is 1. The van der Waals surface area contributed by atoms with Gasteiger partial charge in [0.15, 0.2) is 0 Å². The maximum absolute atomic E-state index is 7.61. The van der Waals surface area contributed by atoms with E-state index in [9.17, 15) is 0 Å². The molecule has 1 nitrogen and oxygen atoms in total. The second kappa shape index (κ2) is 5.93. The Morgan fingerprint density at radius 2 is 2.25 bits per heavy atom. The van der Waals surface area contributed by atoms with E-state index in [4.69, 9.17) is 1.37 Å². The van der Waals surface area contributed by atoms with Crippen molar-refractivity contribution in [3.8, 4) is 11.3 Å². The quantitative estimate of drug-likeness (QED) is 0.718. The van der Waals surface area contributed by atoms with Crippen molar-refractivity contribution < 1.29 is 21.5 Å². The molecule has 0 spiro atoms. The topological polar surface area (TPSA) is 12.9 Å². The number of pyridine rings is 1. The van der Waals surface area contributed by atoms with Gasteiger partial charge in [-0.15, -0.1) is 34.9 Å². The fourth-order valence-electron chi connectivity index (χ4n) is 1.78. The molecule has 1 radical (unpaired) electrons. The van der Waals surface area contributed by atoms with Crippen molar-refractivity contribution in [3.63, 3.8) is 0 Å². The van der Waals surface area contributed by atoms with E-state index in [1.807, 2.05) is 6.07 Å². The molecule has 85 valence electrons. The van der Waals surface area contributed by atoms with Crippen LogP contribution in [0.1, 0.15) is 19.4 Å². The van der Waals surface area contributed by atoms with E-state index in [-0.39, 0.29) is 20.1 Å². The average molecular weight is 389 g/mol. The second-order valence-corrected chi connectivity index (χ2v) is 3.51. The van der Waals surface area contributed by atoms with E-state index in [1.165, 1.54) is 11.1 Å². The zero-order valence-corrected chi connectivity index (χ0v) is 11.8. The molecule has 1 heterocycles. The van der Waals surface area contributed by atoms with E-state index in [0.29, 0.717) is 6.04 Å². The summed E-state index contributed by atoms with van der Waals surface area (Å²) in [6, 6.07) is 11.2. The van der Waals surface area contributed by atoms with Gasteiger partial charge in [0.1, 0.15) is 0 Å². The summed E-state index contributed by atoms with van der Waals surface area (Å²) in [5, 5.41) is 0. The molecule has 2 rings (SSSR count). The minimum absolute atomic E-state index is 0. The molecule has 0 saturated carbocycles. The largest absolute Gasteiger partial charge is 0.305 e. The van der Waals surface area contributed by atoms with Gasteiger partial charge < -0.3 is 4.98 Å². The predicted molar refractivity (Wildman–Crippen MR) is 62.6 cm³/mol. The minimum Gasteiger partial charge on any atom is -0.305 e. The van der Waals surface area contributed by atoms with Gasteiger partial charge in [-0.2, -0.15) is 0 Å². The number of aromatic nitrogens is 1. The molecule has 0 atom stereocenters. The van der Waals surface area contributed by atoms with E-state index >= 15 is 0 Å². The molecule has 0 aliphatic carbocycles. The van der Waals surface area contributed by atoms with Crippen LogP contribution in [0.4, 0.5) is 0 Å². The standard InChI is InChI=1S/C14H14N.Ir/c1-3-12-11(2)7-6-8-13(12)14-9-4-5-10-15-14;/h4-7,9-10H,3H2,1-2H3;/q-1;/i4D;. The summed E-state index contributed by atoms with van der Waals surface area (Å²) >= 11 is 0. The summed E-state index contributed by atoms with van der Waals surface area (Å²) in [6.45, 7) is 4.23. The average Bonchev–Trinajstić information content (AvgIpc) is 2.28. The van der Waals surface area contributed by atoms with Crippen LogP contribution in [0.25, 0.3) is 11.3 Å². The van der Waals surface area contributed by atoms with E-state index < -0.39 is 0 Å². The van der Waals surface area contributed by atoms with Crippen molar-refractivity contribution in [2.45, 2.75) is 20.3 Å². The molecule has 0 N–H and O–H groups in total. The molecule has 0 bridgehead atoms. The van der Waals surface area contributed by atoms with Crippen LogP contribution in [0.2, 0.25) is 0 Å². The summed E-state index contributed by atoms with van der Waals surface area (Å²) in [4.78, 5) is 4.31. The molecule has 0 aliphatic heterocycles. The van der Waals surface area contributed by atoms with Crippen LogP contribution in [-0.2, 0) is 26.5 Å². The molecule has 0 amide bonds. The van der Waals surface area contributed by atoms with Crippen LogP contribution in [0.15, 0.2) is 36.5 Å². The van der Waals surface area contributed by atoms with Crippen LogP contribution in [0, 0.1) is 13.0 Å². The molecule has 0 unspecified atom stereocenters. The Hall–Kier alpha value is -0.981. The Bertz CT molecular complexity index is 511. The molecule has 0 fully saturated rings. The summed E-state index contributed by atoms with van der Waals surface area (Å²) < 4.78 is 7.61. The fourth-order valence-corrected chi connectivity index (χ4v) is 1.78. The van der Waals surface area contributed by atoms with Crippen molar-refractivity contribution >= 4 is 0 Å². The van der Waals surface area contributed by atoms with Gasteiger partial charge in [-0.3, -0.25) is 0 Å². The summed E-state index contributed by atoms with van der Waals surface area (Å²) in [5.41, 5.74) is 4.39. The molecule has 1 aromatic heterocycles. The molecule has 2 aromatic rings. The van der Waals surface area contributed by atoms with Gasteiger partial charge >= 0.3 is 0 Å². The fraction of sp³-hybridized carbons (Fsp3) is 0.214. The van der Waals surface area contributed by atoms with Crippen LogP contribution in [-0.4, -0.2) is 4.98 Å². The zero-order chi connectivity index (χ0) is 11.5. The van der Waals surface area contributed by atoms with Gasteiger partial charge in [0.2, 0.25) is 0 Å². The SMILES string of the molecule is [2H]c1ccnc(-c2[c-]ccc(C)c2CC)c1.[Ir]. The van der Waals surface area contributed by atoms with Crippen molar-refractivity contribution in [2.75, 3.05) is 0 Å². The van der Waals surface area contributed by atoms with Gasteiger partial charge in [0.25, 0.3) is 0 Å². The first kappa shape index (κ1) is 11.5. The molecule has 1 aromatic carbocycles. The summed E-state index contributed by atoms with van der Waals surface area (Å²) in [6.07, 6.45) is 2.63. The van der Waals surface area contributed by atoms with E-state index in [2.05, 4.69) is 31.0 Å². The van der Waals surface area contributed by atoms with Crippen molar-refractivity contribution in [1.29, 1.82) is 0 Å². The van der Waals surface area contributed by atoms with E-state index in [0.717, 1.165) is 17.7 Å². The third-order valence-corrected chi connectivity index (χ3v) is 2.55. The predicted octanol–water partition coefficient (Wildman–Crippen LogP) is 3.42. The number of rotatable bonds is 2. The Labute approximate surface area is 112 Å². The Morgan fingerprint density at radius 3 is 2.94 bits per heavy atom. The molecule has 16 heavy (non-hydrogen) atoms. The Balaban J connectivity index is 0.00000144. The third-order valence-electron chi connectivity index (χ3n) is 2.55. The maximum Gasteiger partial charge on any atom is 0.0616 e. The van der Waals surface area contributed by atoms with Gasteiger partial charge in [0.05, 0.1) is 1.37 Å². The first-order valence-electron chi connectivity index (χ1n) is 5.65. The smallest absolute Gasteiger partial charge is 0.0616 e. The van der Waals surface area contributed by atoms with Crippen molar-refractivity contribution in [2.24, 2.45) is 0 Å². The zero-order valence-electron chi connectivity index (χ0n) is 10.4. The molecule has 2 heteroatoms. The normalized spacial score (nSPS) is 10.5.